The molecule has 0 amide bonds. The third-order valence-corrected chi connectivity index (χ3v) is 3.17. The molecule has 17 heavy (non-hydrogen) atoms. The number of nitrogens with zero attached hydrogens (tertiary/aromatic N) is 1. The van der Waals surface area contributed by atoms with Crippen LogP contribution in [0.1, 0.15) is 0 Å². The zero-order valence-corrected chi connectivity index (χ0v) is 9.05. The Labute approximate surface area is 97.5 Å². The van der Waals surface area contributed by atoms with Gasteiger partial charge in [0.1, 0.15) is 5.58 Å². The highest BCUT2D eigenvalue weighted by Crippen LogP contribution is 2.30. The van der Waals surface area contributed by atoms with Gasteiger partial charge in [-0.05, 0) is 23.6 Å². The van der Waals surface area contributed by atoms with Gasteiger partial charge in [-0.3, -0.25) is 4.98 Å². The zero-order valence-electron chi connectivity index (χ0n) is 9.05. The van der Waals surface area contributed by atoms with Crippen LogP contribution in [0.5, 0.6) is 0 Å². The molecular weight excluding hydrogens is 210 g/mol. The van der Waals surface area contributed by atoms with Gasteiger partial charge in [0.2, 0.25) is 0 Å². The molecule has 0 atom stereocenters. The minimum Gasteiger partial charge on any atom is -0.464 e. The van der Waals surface area contributed by atoms with Crippen molar-refractivity contribution in [2.24, 2.45) is 0 Å². The van der Waals surface area contributed by atoms with Crippen LogP contribution >= 0.6 is 0 Å². The van der Waals surface area contributed by atoms with Crippen LogP contribution in [0.25, 0.3) is 32.6 Å². The first kappa shape index (κ1) is 8.76. The summed E-state index contributed by atoms with van der Waals surface area (Å²) in [5, 5.41) is 4.56. The lowest BCUT2D eigenvalue weighted by molar-refractivity contribution is 0.619. The highest BCUT2D eigenvalue weighted by Gasteiger charge is 2.07. The predicted molar refractivity (Wildman–Crippen MR) is 69.0 cm³/mol. The van der Waals surface area contributed by atoms with Gasteiger partial charge in [-0.2, -0.15) is 0 Å². The molecule has 0 fully saturated rings. The second-order valence-corrected chi connectivity index (χ2v) is 4.14. The van der Waals surface area contributed by atoms with Crippen molar-refractivity contribution in [1.29, 1.82) is 0 Å². The van der Waals surface area contributed by atoms with Gasteiger partial charge in [0.15, 0.2) is 0 Å². The fraction of sp³-hybridized carbons (Fsp3) is 0. The summed E-state index contributed by atoms with van der Waals surface area (Å²) < 4.78 is 5.60. The molecule has 2 aromatic carbocycles. The maximum absolute atomic E-state index is 5.60. The van der Waals surface area contributed by atoms with Crippen LogP contribution < -0.4 is 0 Å². The molecule has 0 unspecified atom stereocenters. The van der Waals surface area contributed by atoms with Gasteiger partial charge in [-0.1, -0.05) is 24.3 Å². The minimum atomic E-state index is 0.923. The molecule has 2 heteroatoms. The van der Waals surface area contributed by atoms with Crippen LogP contribution in [0.4, 0.5) is 0 Å². The van der Waals surface area contributed by atoms with Crippen LogP contribution in [0, 0.1) is 0 Å². The average Bonchev–Trinajstić information content (AvgIpc) is 2.86. The van der Waals surface area contributed by atoms with Gasteiger partial charge in [-0.25, -0.2) is 0 Å². The Bertz CT molecular complexity index is 845. The van der Waals surface area contributed by atoms with E-state index in [1.807, 2.05) is 36.5 Å². The van der Waals surface area contributed by atoms with E-state index in [0.29, 0.717) is 0 Å². The van der Waals surface area contributed by atoms with Crippen molar-refractivity contribution < 1.29 is 4.42 Å². The monoisotopic (exact) mass is 219 g/mol. The highest BCUT2D eigenvalue weighted by molar-refractivity contribution is 6.16. The Hall–Kier alpha value is -2.35. The fourth-order valence-corrected chi connectivity index (χ4v) is 2.37. The number of rotatable bonds is 0. The summed E-state index contributed by atoms with van der Waals surface area (Å²) in [5.74, 6) is 0. The summed E-state index contributed by atoms with van der Waals surface area (Å²) in [5.41, 5.74) is 1.90. The fourth-order valence-electron chi connectivity index (χ4n) is 2.37. The van der Waals surface area contributed by atoms with Crippen molar-refractivity contribution in [3.63, 3.8) is 0 Å². The average molecular weight is 219 g/mol. The number of hydrogen-bond acceptors (Lipinski definition) is 2. The summed E-state index contributed by atoms with van der Waals surface area (Å²) >= 11 is 0. The molecule has 2 nitrogen and oxygen atoms in total. The lowest BCUT2D eigenvalue weighted by Crippen LogP contribution is -1.82. The lowest BCUT2D eigenvalue weighted by Gasteiger charge is -2.03. The summed E-state index contributed by atoms with van der Waals surface area (Å²) in [6, 6.07) is 14.3. The molecule has 0 aliphatic heterocycles. The van der Waals surface area contributed by atoms with E-state index >= 15 is 0 Å². The van der Waals surface area contributed by atoms with Crippen molar-refractivity contribution in [3.8, 4) is 0 Å². The molecule has 2 heterocycles. The predicted octanol–water partition coefficient (Wildman–Crippen LogP) is 4.13. The second kappa shape index (κ2) is 3.08. The molecule has 0 N–H and O–H groups in total. The second-order valence-electron chi connectivity index (χ2n) is 4.14. The number of aromatic nitrogens is 1. The Kier molecular flexibility index (Phi) is 1.59. The van der Waals surface area contributed by atoms with E-state index < -0.39 is 0 Å². The number of pyridine rings is 1. The van der Waals surface area contributed by atoms with Gasteiger partial charge in [-0.15, -0.1) is 0 Å². The number of hydrogen-bond donors (Lipinski definition) is 0. The van der Waals surface area contributed by atoms with E-state index in [1.54, 1.807) is 6.26 Å². The van der Waals surface area contributed by atoms with Crippen LogP contribution in [0.2, 0.25) is 0 Å². The number of fused-ring (bicyclic) bond motifs is 5. The van der Waals surface area contributed by atoms with Crippen molar-refractivity contribution >= 4 is 32.6 Å². The normalized spacial score (nSPS) is 11.5. The van der Waals surface area contributed by atoms with E-state index in [9.17, 15) is 0 Å². The molecule has 0 saturated carbocycles. The third-order valence-electron chi connectivity index (χ3n) is 3.17. The van der Waals surface area contributed by atoms with Crippen LogP contribution in [-0.2, 0) is 0 Å². The molecule has 0 aliphatic carbocycles. The van der Waals surface area contributed by atoms with Gasteiger partial charge >= 0.3 is 0 Å². The van der Waals surface area contributed by atoms with E-state index in [2.05, 4.69) is 17.1 Å². The van der Waals surface area contributed by atoms with Crippen molar-refractivity contribution in [2.75, 3.05) is 0 Å². The number of benzene rings is 2. The molecule has 0 saturated heterocycles. The summed E-state index contributed by atoms with van der Waals surface area (Å²) in [6.45, 7) is 0. The molecule has 2 aromatic heterocycles. The van der Waals surface area contributed by atoms with E-state index in [-0.39, 0.29) is 0 Å². The molecule has 0 bridgehead atoms. The van der Waals surface area contributed by atoms with Crippen molar-refractivity contribution in [1.82, 2.24) is 4.98 Å². The summed E-state index contributed by atoms with van der Waals surface area (Å²) in [4.78, 5) is 4.48. The first-order chi connectivity index (χ1) is 8.43. The Morgan fingerprint density at radius 3 is 2.82 bits per heavy atom. The quantitative estimate of drug-likeness (QED) is 0.415. The standard InChI is InChI=1S/C15H9NO/c1-2-4-12-11(3-1)9-16-13-6-5-10-7-8-17-15(10)14(12)13/h1-9H. The molecular formula is C15H9NO. The van der Waals surface area contributed by atoms with Gasteiger partial charge in [0.05, 0.1) is 17.2 Å². The van der Waals surface area contributed by atoms with Crippen molar-refractivity contribution in [3.05, 3.63) is 54.9 Å². The molecule has 4 aromatic rings. The smallest absolute Gasteiger partial charge is 0.143 e. The van der Waals surface area contributed by atoms with Crippen LogP contribution in [0.3, 0.4) is 0 Å². The first-order valence-corrected chi connectivity index (χ1v) is 5.57. The molecule has 0 radical (unpaired) electrons. The lowest BCUT2D eigenvalue weighted by atomic mass is 10.1. The largest absolute Gasteiger partial charge is 0.464 e. The Morgan fingerprint density at radius 2 is 1.82 bits per heavy atom. The molecule has 80 valence electrons. The van der Waals surface area contributed by atoms with Crippen LogP contribution in [0.15, 0.2) is 59.3 Å². The molecule has 0 aliphatic rings. The van der Waals surface area contributed by atoms with Gasteiger partial charge in [0.25, 0.3) is 0 Å². The topological polar surface area (TPSA) is 26.0 Å². The van der Waals surface area contributed by atoms with Crippen molar-refractivity contribution in [2.45, 2.75) is 0 Å². The molecule has 4 rings (SSSR count). The highest BCUT2D eigenvalue weighted by atomic mass is 16.3. The van der Waals surface area contributed by atoms with Gasteiger partial charge in [0, 0.05) is 17.0 Å². The Morgan fingerprint density at radius 1 is 0.882 bits per heavy atom. The molecule has 0 spiro atoms. The van der Waals surface area contributed by atoms with E-state index in [0.717, 1.165) is 27.3 Å². The van der Waals surface area contributed by atoms with E-state index in [4.69, 9.17) is 4.42 Å². The minimum absolute atomic E-state index is 0.923. The third kappa shape index (κ3) is 1.12. The summed E-state index contributed by atoms with van der Waals surface area (Å²) in [7, 11) is 0. The summed E-state index contributed by atoms with van der Waals surface area (Å²) in [6.07, 6.45) is 3.64. The number of furan rings is 1. The van der Waals surface area contributed by atoms with Gasteiger partial charge < -0.3 is 4.42 Å². The first-order valence-electron chi connectivity index (χ1n) is 5.57. The van der Waals surface area contributed by atoms with E-state index in [1.165, 1.54) is 5.39 Å². The van der Waals surface area contributed by atoms with Crippen LogP contribution in [-0.4, -0.2) is 4.98 Å². The zero-order chi connectivity index (χ0) is 11.2. The SMILES string of the molecule is c1ccc2c(c1)cnc1ccc3ccoc3c12. The maximum Gasteiger partial charge on any atom is 0.143 e. The Balaban J connectivity index is 2.41. The maximum atomic E-state index is 5.60.